The smallest absolute Gasteiger partial charge is 0.349 e. The molecule has 2 unspecified atom stereocenters. The molecule has 0 aliphatic carbocycles. The minimum atomic E-state index is -1.65. The fourth-order valence-electron chi connectivity index (χ4n) is 2.79. The monoisotopic (exact) mass is 387 g/mol. The van der Waals surface area contributed by atoms with Gasteiger partial charge in [-0.05, 0) is 19.1 Å². The summed E-state index contributed by atoms with van der Waals surface area (Å²) in [5, 5.41) is 39.4. The molecule has 9 heteroatoms. The molecule has 8 nitrogen and oxygen atoms in total. The van der Waals surface area contributed by atoms with E-state index in [1.807, 2.05) is 19.1 Å². The van der Waals surface area contributed by atoms with Crippen LogP contribution < -0.4 is 5.73 Å². The third-order valence-electron chi connectivity index (χ3n) is 4.35. The molecule has 26 heavy (non-hydrogen) atoms. The molecule has 1 heterocycles. The first kappa shape index (κ1) is 21.1. The second-order valence-corrected chi connectivity index (χ2v) is 7.67. The highest BCUT2D eigenvalue weighted by Gasteiger charge is 2.54. The molecule has 1 aromatic rings. The van der Waals surface area contributed by atoms with Crippen molar-refractivity contribution in [3.63, 3.8) is 0 Å². The molecule has 1 aliphatic rings. The average Bonchev–Trinajstić information content (AvgIpc) is 2.64. The number of rotatable bonds is 6. The van der Waals surface area contributed by atoms with Crippen molar-refractivity contribution in [1.29, 1.82) is 0 Å². The molecule has 1 saturated heterocycles. The third-order valence-corrected chi connectivity index (χ3v) is 5.61. The number of hydrogen-bond acceptors (Lipinski definition) is 9. The predicted molar refractivity (Wildman–Crippen MR) is 94.4 cm³/mol. The van der Waals surface area contributed by atoms with Crippen molar-refractivity contribution >= 4 is 17.7 Å². The van der Waals surface area contributed by atoms with Gasteiger partial charge in [0.05, 0.1) is 25.9 Å². The van der Waals surface area contributed by atoms with Crippen LogP contribution in [0.5, 0.6) is 0 Å². The Morgan fingerprint density at radius 3 is 2.58 bits per heavy atom. The van der Waals surface area contributed by atoms with Crippen LogP contribution >= 0.6 is 11.8 Å². The summed E-state index contributed by atoms with van der Waals surface area (Å²) in [6, 6.07) is 6.26. The first-order valence-electron chi connectivity index (χ1n) is 8.16. The highest BCUT2D eigenvalue weighted by atomic mass is 32.2. The highest BCUT2D eigenvalue weighted by Crippen LogP contribution is 2.44. The zero-order valence-corrected chi connectivity index (χ0v) is 15.4. The first-order chi connectivity index (χ1) is 12.2. The lowest BCUT2D eigenvalue weighted by Crippen LogP contribution is -2.64. The van der Waals surface area contributed by atoms with Gasteiger partial charge in [0.25, 0.3) is 0 Å². The van der Waals surface area contributed by atoms with Crippen molar-refractivity contribution in [2.24, 2.45) is 5.73 Å². The molecule has 146 valence electrons. The number of nitrogens with two attached hydrogens (primary N) is 1. The van der Waals surface area contributed by atoms with E-state index in [4.69, 9.17) is 20.3 Å². The molecule has 2 rings (SSSR count). The minimum Gasteiger partial charge on any atom is -0.466 e. The molecular formula is C17H25NO7S. The Morgan fingerprint density at radius 2 is 2.04 bits per heavy atom. The van der Waals surface area contributed by atoms with E-state index in [0.29, 0.717) is 4.90 Å². The number of carbonyl (C=O) groups excluding carboxylic acids is 1. The maximum atomic E-state index is 12.5. The van der Waals surface area contributed by atoms with E-state index in [2.05, 4.69) is 0 Å². The molecule has 0 aromatic heterocycles. The van der Waals surface area contributed by atoms with E-state index in [1.54, 1.807) is 12.1 Å². The largest absolute Gasteiger partial charge is 0.466 e. The molecule has 0 radical (unpaired) electrons. The molecule has 0 amide bonds. The quantitative estimate of drug-likeness (QED) is 0.394. The average molecular weight is 387 g/mol. The fraction of sp³-hybridized carbons (Fsp3) is 0.588. The Morgan fingerprint density at radius 1 is 1.42 bits per heavy atom. The lowest BCUT2D eigenvalue weighted by molar-refractivity contribution is -0.203. The number of ether oxygens (including phenoxy) is 2. The molecule has 6 atom stereocenters. The molecule has 1 aromatic carbocycles. The summed E-state index contributed by atoms with van der Waals surface area (Å²) in [6.45, 7) is 1.20. The van der Waals surface area contributed by atoms with E-state index in [0.717, 1.165) is 17.3 Å². The topological polar surface area (TPSA) is 142 Å². The maximum absolute atomic E-state index is 12.5. The molecule has 0 saturated carbocycles. The Bertz CT molecular complexity index is 614. The van der Waals surface area contributed by atoms with Gasteiger partial charge in [0, 0.05) is 11.3 Å². The Labute approximate surface area is 155 Å². The van der Waals surface area contributed by atoms with Gasteiger partial charge in [-0.1, -0.05) is 29.5 Å². The standard InChI is InChI=1S/C17H25NO7S/c1-9-3-5-10(6-4-9)26-17(16(23)24-2)7-11(20)13(18)15(25-17)14(22)12(21)8-19/h3-6,11-15,19-22H,7-8,18H2,1-2H3/t11-,12-,13?,14-,15-,17?/m1/s1. The summed E-state index contributed by atoms with van der Waals surface area (Å²) >= 11 is 1.03. The summed E-state index contributed by atoms with van der Waals surface area (Å²) in [5.41, 5.74) is 6.94. The number of aliphatic hydroxyl groups is 4. The van der Waals surface area contributed by atoms with Crippen LogP contribution in [0.1, 0.15) is 12.0 Å². The van der Waals surface area contributed by atoms with Gasteiger partial charge in [-0.25, -0.2) is 4.79 Å². The Kier molecular flexibility index (Phi) is 7.03. The number of benzene rings is 1. The number of methoxy groups -OCH3 is 1. The van der Waals surface area contributed by atoms with Crippen LogP contribution in [0.25, 0.3) is 0 Å². The van der Waals surface area contributed by atoms with Gasteiger partial charge < -0.3 is 35.6 Å². The zero-order chi connectivity index (χ0) is 19.5. The molecular weight excluding hydrogens is 362 g/mol. The minimum absolute atomic E-state index is 0.155. The van der Waals surface area contributed by atoms with Crippen molar-refractivity contribution < 1.29 is 34.7 Å². The van der Waals surface area contributed by atoms with Crippen LogP contribution in [-0.4, -0.2) is 75.5 Å². The third kappa shape index (κ3) is 4.37. The normalized spacial score (nSPS) is 31.3. The van der Waals surface area contributed by atoms with Gasteiger partial charge in [0.2, 0.25) is 4.93 Å². The van der Waals surface area contributed by atoms with Crippen molar-refractivity contribution in [2.45, 2.75) is 53.6 Å². The fourth-order valence-corrected chi connectivity index (χ4v) is 4.03. The number of hydrogen-bond donors (Lipinski definition) is 5. The van der Waals surface area contributed by atoms with Gasteiger partial charge in [-0.2, -0.15) is 0 Å². The number of esters is 1. The second kappa shape index (κ2) is 8.66. The van der Waals surface area contributed by atoms with Gasteiger partial charge in [0.15, 0.2) is 0 Å². The zero-order valence-electron chi connectivity index (χ0n) is 14.6. The van der Waals surface area contributed by atoms with Crippen LogP contribution in [0.4, 0.5) is 0 Å². The van der Waals surface area contributed by atoms with Gasteiger partial charge >= 0.3 is 5.97 Å². The number of carbonyl (C=O) groups is 1. The van der Waals surface area contributed by atoms with Gasteiger partial charge in [-0.3, -0.25) is 0 Å². The van der Waals surface area contributed by atoms with Crippen molar-refractivity contribution in [3.8, 4) is 0 Å². The van der Waals surface area contributed by atoms with Crippen molar-refractivity contribution in [1.82, 2.24) is 0 Å². The number of aryl methyl sites for hydroxylation is 1. The molecule has 6 N–H and O–H groups in total. The first-order valence-corrected chi connectivity index (χ1v) is 8.98. The number of aliphatic hydroxyl groups excluding tert-OH is 4. The van der Waals surface area contributed by atoms with Gasteiger partial charge in [-0.15, -0.1) is 0 Å². The predicted octanol–water partition coefficient (Wildman–Crippen LogP) is -0.852. The lowest BCUT2D eigenvalue weighted by atomic mass is 9.90. The van der Waals surface area contributed by atoms with E-state index >= 15 is 0 Å². The summed E-state index contributed by atoms with van der Waals surface area (Å²) in [7, 11) is 1.19. The summed E-state index contributed by atoms with van der Waals surface area (Å²) < 4.78 is 10.7. The van der Waals surface area contributed by atoms with Crippen LogP contribution in [0, 0.1) is 6.92 Å². The van der Waals surface area contributed by atoms with Crippen LogP contribution in [0.3, 0.4) is 0 Å². The van der Waals surface area contributed by atoms with E-state index in [1.165, 1.54) is 7.11 Å². The lowest BCUT2D eigenvalue weighted by Gasteiger charge is -2.45. The van der Waals surface area contributed by atoms with Gasteiger partial charge in [0.1, 0.15) is 18.3 Å². The summed E-state index contributed by atoms with van der Waals surface area (Å²) in [4.78, 5) is 11.5. The highest BCUT2D eigenvalue weighted by molar-refractivity contribution is 8.01. The van der Waals surface area contributed by atoms with Crippen LogP contribution in [0.15, 0.2) is 29.2 Å². The van der Waals surface area contributed by atoms with Crippen LogP contribution in [-0.2, 0) is 14.3 Å². The van der Waals surface area contributed by atoms with E-state index in [-0.39, 0.29) is 6.42 Å². The van der Waals surface area contributed by atoms with Crippen molar-refractivity contribution in [2.75, 3.05) is 13.7 Å². The summed E-state index contributed by atoms with van der Waals surface area (Å²) in [5.74, 6) is -0.746. The Hall–Kier alpha value is -1.20. The number of thioether (sulfide) groups is 1. The SMILES string of the molecule is COC(=O)C1(Sc2ccc(C)cc2)C[C@@H](O)C(N)[C@H]([C@H](O)[C@H](O)CO)O1. The summed E-state index contributed by atoms with van der Waals surface area (Å²) in [6.07, 6.45) is -5.74. The molecule has 0 spiro atoms. The van der Waals surface area contributed by atoms with Crippen molar-refractivity contribution in [3.05, 3.63) is 29.8 Å². The maximum Gasteiger partial charge on any atom is 0.349 e. The van der Waals surface area contributed by atoms with E-state index in [9.17, 15) is 20.1 Å². The molecule has 1 aliphatic heterocycles. The van der Waals surface area contributed by atoms with E-state index < -0.39 is 48.0 Å². The van der Waals surface area contributed by atoms with Crippen LogP contribution in [0.2, 0.25) is 0 Å². The second-order valence-electron chi connectivity index (χ2n) is 6.33. The molecule has 1 fully saturated rings. The molecule has 0 bridgehead atoms. The Balaban J connectivity index is 2.36.